The minimum Gasteiger partial charge on any atom is -0.320 e. The molecule has 1 aliphatic rings. The van der Waals surface area contributed by atoms with E-state index in [0.29, 0.717) is 12.2 Å². The van der Waals surface area contributed by atoms with Gasteiger partial charge in [0.25, 0.3) is 5.91 Å². The van der Waals surface area contributed by atoms with E-state index in [1.165, 1.54) is 41.2 Å². The van der Waals surface area contributed by atoms with Crippen molar-refractivity contribution in [2.24, 2.45) is 0 Å². The van der Waals surface area contributed by atoms with Crippen LogP contribution in [0, 0.1) is 6.92 Å². The van der Waals surface area contributed by atoms with Gasteiger partial charge in [-0.25, -0.2) is 13.1 Å². The normalized spacial score (nSPS) is 16.8. The Morgan fingerprint density at radius 2 is 1.76 bits per heavy atom. The zero-order valence-electron chi connectivity index (χ0n) is 19.3. The number of piperidine rings is 1. The summed E-state index contributed by atoms with van der Waals surface area (Å²) in [6.07, 6.45) is 5.04. The number of amides is 1. The lowest BCUT2D eigenvalue weighted by molar-refractivity contribution is 0.101. The van der Waals surface area contributed by atoms with E-state index in [0.717, 1.165) is 36.9 Å². The Labute approximate surface area is 199 Å². The quantitative estimate of drug-likeness (QED) is 0.579. The largest absolute Gasteiger partial charge is 0.320 e. The van der Waals surface area contributed by atoms with Gasteiger partial charge in [-0.3, -0.25) is 9.59 Å². The molecule has 9 heteroatoms. The van der Waals surface area contributed by atoms with Crippen LogP contribution in [0.5, 0.6) is 0 Å². The smallest absolute Gasteiger partial charge is 0.280 e. The molecule has 1 saturated heterocycles. The van der Waals surface area contributed by atoms with Crippen LogP contribution in [-0.4, -0.2) is 41.0 Å². The molecule has 3 aromatic rings. The second kappa shape index (κ2) is 9.90. The summed E-state index contributed by atoms with van der Waals surface area (Å²) in [4.78, 5) is 25.2. The molecule has 1 unspecified atom stereocenters. The van der Waals surface area contributed by atoms with Gasteiger partial charge in [0.1, 0.15) is 0 Å². The van der Waals surface area contributed by atoms with E-state index in [9.17, 15) is 18.0 Å². The molecule has 178 valence electrons. The maximum atomic E-state index is 13.1. The van der Waals surface area contributed by atoms with Crippen molar-refractivity contribution in [1.29, 1.82) is 0 Å². The first kappa shape index (κ1) is 23.8. The maximum Gasteiger partial charge on any atom is 0.280 e. The van der Waals surface area contributed by atoms with E-state index < -0.39 is 21.4 Å². The van der Waals surface area contributed by atoms with Gasteiger partial charge in [-0.15, -0.1) is 0 Å². The lowest BCUT2D eigenvalue weighted by Crippen LogP contribution is -2.43. The topological polar surface area (TPSA) is 101 Å². The Morgan fingerprint density at radius 1 is 1.06 bits per heavy atom. The third-order valence-corrected chi connectivity index (χ3v) is 8.05. The standard InChI is InChI=1S/C25H28N4O4S/c1-3-20-6-4-5-16-29(20)34(32,33)22-13-9-19(10-14-22)26-25(31)24-23(30)15-17-28(27-24)21-11-7-18(2)8-12-21/h7-15,17,20H,3-6,16H2,1-2H3,(H,26,31). The average Bonchev–Trinajstić information content (AvgIpc) is 2.85. The minimum absolute atomic E-state index is 0.0120. The number of nitrogens with zero attached hydrogens (tertiary/aromatic N) is 3. The van der Waals surface area contributed by atoms with Crippen molar-refractivity contribution in [3.63, 3.8) is 0 Å². The van der Waals surface area contributed by atoms with Crippen molar-refractivity contribution in [3.8, 4) is 5.69 Å². The number of nitrogens with one attached hydrogen (secondary N) is 1. The van der Waals surface area contributed by atoms with Gasteiger partial charge in [-0.2, -0.15) is 9.40 Å². The number of carbonyl (C=O) groups is 1. The second-order valence-corrected chi connectivity index (χ2v) is 10.4. The van der Waals surface area contributed by atoms with Gasteiger partial charge in [0.15, 0.2) is 5.69 Å². The average molecular weight is 481 g/mol. The van der Waals surface area contributed by atoms with Crippen LogP contribution in [0.15, 0.2) is 70.5 Å². The molecule has 2 heterocycles. The van der Waals surface area contributed by atoms with E-state index in [4.69, 9.17) is 0 Å². The molecule has 0 bridgehead atoms. The van der Waals surface area contributed by atoms with Gasteiger partial charge in [0.05, 0.1) is 10.6 Å². The summed E-state index contributed by atoms with van der Waals surface area (Å²) in [5, 5.41) is 6.84. The molecule has 4 rings (SSSR count). The third-order valence-electron chi connectivity index (χ3n) is 6.08. The molecule has 0 aliphatic carbocycles. The van der Waals surface area contributed by atoms with Gasteiger partial charge in [0, 0.05) is 30.5 Å². The molecule has 1 N–H and O–H groups in total. The summed E-state index contributed by atoms with van der Waals surface area (Å²) >= 11 is 0. The molecule has 0 radical (unpaired) electrons. The summed E-state index contributed by atoms with van der Waals surface area (Å²) in [5.41, 5.74) is 1.42. The fraction of sp³-hybridized carbons (Fsp3) is 0.320. The number of rotatable bonds is 6. The lowest BCUT2D eigenvalue weighted by Gasteiger charge is -2.34. The summed E-state index contributed by atoms with van der Waals surface area (Å²) < 4.78 is 29.3. The fourth-order valence-electron chi connectivity index (χ4n) is 4.14. The fourth-order valence-corrected chi connectivity index (χ4v) is 5.91. The molecular weight excluding hydrogens is 452 g/mol. The predicted octanol–water partition coefficient (Wildman–Crippen LogP) is 3.75. The van der Waals surface area contributed by atoms with E-state index in [1.54, 1.807) is 4.31 Å². The van der Waals surface area contributed by atoms with Crippen molar-refractivity contribution in [2.45, 2.75) is 50.5 Å². The highest BCUT2D eigenvalue weighted by atomic mass is 32.2. The van der Waals surface area contributed by atoms with E-state index in [-0.39, 0.29) is 16.6 Å². The number of hydrogen-bond acceptors (Lipinski definition) is 5. The van der Waals surface area contributed by atoms with Gasteiger partial charge >= 0.3 is 0 Å². The molecule has 2 aromatic carbocycles. The zero-order valence-corrected chi connectivity index (χ0v) is 20.1. The van der Waals surface area contributed by atoms with Crippen LogP contribution in [0.2, 0.25) is 0 Å². The molecule has 0 spiro atoms. The molecule has 0 saturated carbocycles. The summed E-state index contributed by atoms with van der Waals surface area (Å²) in [7, 11) is -3.61. The summed E-state index contributed by atoms with van der Waals surface area (Å²) in [6.45, 7) is 4.49. The van der Waals surface area contributed by atoms with Gasteiger partial charge in [0.2, 0.25) is 15.5 Å². The van der Waals surface area contributed by atoms with Crippen LogP contribution in [0.3, 0.4) is 0 Å². The van der Waals surface area contributed by atoms with E-state index in [1.807, 2.05) is 38.1 Å². The highest BCUT2D eigenvalue weighted by Crippen LogP contribution is 2.27. The van der Waals surface area contributed by atoms with E-state index >= 15 is 0 Å². The first-order chi connectivity index (χ1) is 16.3. The highest BCUT2D eigenvalue weighted by molar-refractivity contribution is 7.89. The molecule has 8 nitrogen and oxygen atoms in total. The highest BCUT2D eigenvalue weighted by Gasteiger charge is 2.32. The van der Waals surface area contributed by atoms with Crippen LogP contribution in [0.25, 0.3) is 5.69 Å². The van der Waals surface area contributed by atoms with Crippen molar-refractivity contribution >= 4 is 21.6 Å². The SMILES string of the molecule is CCC1CCCCN1S(=O)(=O)c1ccc(NC(=O)c2nn(-c3ccc(C)cc3)ccc2=O)cc1. The number of anilines is 1. The first-order valence-corrected chi connectivity index (χ1v) is 12.8. The Balaban J connectivity index is 1.53. The molecule has 1 aliphatic heterocycles. The van der Waals surface area contributed by atoms with Crippen LogP contribution in [-0.2, 0) is 10.0 Å². The second-order valence-electron chi connectivity index (χ2n) is 8.46. The Kier molecular flexibility index (Phi) is 6.95. The Morgan fingerprint density at radius 3 is 2.44 bits per heavy atom. The molecule has 1 amide bonds. The van der Waals surface area contributed by atoms with Crippen LogP contribution >= 0.6 is 0 Å². The van der Waals surface area contributed by atoms with Crippen molar-refractivity contribution < 1.29 is 13.2 Å². The molecule has 1 atom stereocenters. The van der Waals surface area contributed by atoms with Gasteiger partial charge < -0.3 is 5.32 Å². The van der Waals surface area contributed by atoms with Crippen LogP contribution < -0.4 is 10.7 Å². The van der Waals surface area contributed by atoms with Gasteiger partial charge in [-0.05, 0) is 62.6 Å². The number of aryl methyl sites for hydroxylation is 1. The lowest BCUT2D eigenvalue weighted by atomic mass is 10.0. The number of aromatic nitrogens is 2. The number of carbonyl (C=O) groups excluding carboxylic acids is 1. The number of benzene rings is 2. The first-order valence-electron chi connectivity index (χ1n) is 11.4. The van der Waals surface area contributed by atoms with Crippen LogP contribution in [0.1, 0.15) is 48.7 Å². The predicted molar refractivity (Wildman–Crippen MR) is 131 cm³/mol. The number of sulfonamides is 1. The minimum atomic E-state index is -3.61. The number of hydrogen-bond donors (Lipinski definition) is 1. The monoisotopic (exact) mass is 480 g/mol. The maximum absolute atomic E-state index is 13.1. The zero-order chi connectivity index (χ0) is 24.3. The molecule has 34 heavy (non-hydrogen) atoms. The summed E-state index contributed by atoms with van der Waals surface area (Å²) in [6, 6.07) is 14.8. The van der Waals surface area contributed by atoms with Crippen molar-refractivity contribution in [2.75, 3.05) is 11.9 Å². The molecule has 1 aromatic heterocycles. The van der Waals surface area contributed by atoms with Crippen molar-refractivity contribution in [1.82, 2.24) is 14.1 Å². The van der Waals surface area contributed by atoms with Crippen molar-refractivity contribution in [3.05, 3.63) is 82.3 Å². The van der Waals surface area contributed by atoms with E-state index in [2.05, 4.69) is 10.4 Å². The Hall–Kier alpha value is -3.30. The van der Waals surface area contributed by atoms with Gasteiger partial charge in [-0.1, -0.05) is 31.0 Å². The Bertz CT molecular complexity index is 1330. The molecule has 1 fully saturated rings. The summed E-state index contributed by atoms with van der Waals surface area (Å²) in [5.74, 6) is -0.663. The van der Waals surface area contributed by atoms with Crippen LogP contribution in [0.4, 0.5) is 5.69 Å². The third kappa shape index (κ3) is 4.95. The molecular formula is C25H28N4O4S.